The summed E-state index contributed by atoms with van der Waals surface area (Å²) in [5.74, 6) is -1.79. The first-order valence-corrected chi connectivity index (χ1v) is 12.7. The predicted octanol–water partition coefficient (Wildman–Crippen LogP) is 5.56. The molecule has 1 heterocycles. The van der Waals surface area contributed by atoms with E-state index in [9.17, 15) is 27.9 Å². The molecule has 2 atom stereocenters. The van der Waals surface area contributed by atoms with Crippen LogP contribution in [-0.2, 0) is 20.5 Å². The van der Waals surface area contributed by atoms with E-state index in [1.807, 2.05) is 0 Å². The van der Waals surface area contributed by atoms with Gasteiger partial charge in [0.25, 0.3) is 0 Å². The van der Waals surface area contributed by atoms with Gasteiger partial charge in [-0.1, -0.05) is 40.7 Å². The number of carbonyl (C=O) groups excluding carboxylic acids is 2. The fraction of sp³-hybridized carbons (Fsp3) is 0.296. The molecule has 12 heteroatoms. The second kappa shape index (κ2) is 12.4. The Morgan fingerprint density at radius 2 is 1.97 bits per heavy atom. The molecule has 0 aliphatic rings. The fourth-order valence-electron chi connectivity index (χ4n) is 4.22. The molecule has 39 heavy (non-hydrogen) atoms. The Labute approximate surface area is 232 Å². The van der Waals surface area contributed by atoms with Crippen molar-refractivity contribution in [2.45, 2.75) is 45.5 Å². The lowest BCUT2D eigenvalue weighted by Gasteiger charge is -2.23. The van der Waals surface area contributed by atoms with Gasteiger partial charge in [0.15, 0.2) is 5.69 Å². The van der Waals surface area contributed by atoms with Crippen LogP contribution >= 0.6 is 15.9 Å². The number of nitrogens with one attached hydrogen (secondary N) is 2. The maximum atomic E-state index is 14.2. The Balaban J connectivity index is 2.12. The summed E-state index contributed by atoms with van der Waals surface area (Å²) in [6, 6.07) is 7.37. The highest BCUT2D eigenvalue weighted by atomic mass is 79.9. The predicted molar refractivity (Wildman–Crippen MR) is 142 cm³/mol. The average Bonchev–Trinajstić information content (AvgIpc) is 3.27. The number of hydrogen-bond donors (Lipinski definition) is 3. The molecular weight excluding hydrogens is 581 g/mol. The highest BCUT2D eigenvalue weighted by molar-refractivity contribution is 9.10. The zero-order valence-electron chi connectivity index (χ0n) is 21.5. The van der Waals surface area contributed by atoms with E-state index in [-0.39, 0.29) is 18.0 Å². The maximum absolute atomic E-state index is 14.2. The summed E-state index contributed by atoms with van der Waals surface area (Å²) in [6.45, 7) is 8.50. The minimum Gasteiger partial charge on any atom is -0.506 e. The number of halogens is 4. The molecule has 0 bridgehead atoms. The van der Waals surface area contributed by atoms with Crippen molar-refractivity contribution in [2.75, 3.05) is 6.61 Å². The van der Waals surface area contributed by atoms with Crippen molar-refractivity contribution < 1.29 is 32.6 Å². The molecular formula is C27H28BrF3N4O4. The number of benzene rings is 2. The number of phenolic OH excluding ortho intramolecular Hbond substituents is 1. The van der Waals surface area contributed by atoms with Crippen LogP contribution in [0.25, 0.3) is 5.69 Å². The number of carbonyl (C=O) groups is 2. The summed E-state index contributed by atoms with van der Waals surface area (Å²) in [5.41, 5.74) is -0.0476. The third-order valence-electron chi connectivity index (χ3n) is 5.76. The Hall–Kier alpha value is -3.80. The molecule has 1 aromatic heterocycles. The van der Waals surface area contributed by atoms with Crippen LogP contribution in [0.5, 0.6) is 5.75 Å². The Morgan fingerprint density at radius 1 is 1.26 bits per heavy atom. The van der Waals surface area contributed by atoms with Crippen LogP contribution in [0.1, 0.15) is 53.4 Å². The molecule has 208 valence electrons. The first-order valence-electron chi connectivity index (χ1n) is 11.9. The number of aryl methyl sites for hydroxylation is 2. The van der Waals surface area contributed by atoms with Crippen molar-refractivity contribution in [3.63, 3.8) is 0 Å². The van der Waals surface area contributed by atoms with E-state index in [1.165, 1.54) is 12.3 Å². The van der Waals surface area contributed by atoms with Gasteiger partial charge in [0, 0.05) is 16.2 Å². The number of aromatic nitrogens is 2. The average molecular weight is 609 g/mol. The summed E-state index contributed by atoms with van der Waals surface area (Å²) >= 11 is 3.34. The number of phenols is 1. The number of aromatic hydroxyl groups is 1. The molecule has 0 aliphatic heterocycles. The van der Waals surface area contributed by atoms with Gasteiger partial charge < -0.3 is 20.5 Å². The van der Waals surface area contributed by atoms with Crippen LogP contribution in [0, 0.1) is 13.8 Å². The number of rotatable bonds is 10. The SMILES string of the molecule is C=CN[C@H](C(=O)N[C@@H](CC(=O)OCC)c1cn(-c2c(C)cc(C)cc2O)nc1C(F)(F)F)c1cccc(Br)c1. The number of hydrogen-bond acceptors (Lipinski definition) is 6. The molecule has 2 aromatic carbocycles. The van der Waals surface area contributed by atoms with Crippen LogP contribution in [-0.4, -0.2) is 33.4 Å². The van der Waals surface area contributed by atoms with E-state index in [0.29, 0.717) is 21.2 Å². The molecule has 0 saturated carbocycles. The molecule has 0 fully saturated rings. The third-order valence-corrected chi connectivity index (χ3v) is 6.25. The fourth-order valence-corrected chi connectivity index (χ4v) is 4.64. The van der Waals surface area contributed by atoms with E-state index < -0.39 is 47.8 Å². The molecule has 0 spiro atoms. The molecule has 3 rings (SSSR count). The van der Waals surface area contributed by atoms with Gasteiger partial charge in [-0.3, -0.25) is 9.59 Å². The van der Waals surface area contributed by atoms with E-state index in [1.54, 1.807) is 51.1 Å². The topological polar surface area (TPSA) is 105 Å². The van der Waals surface area contributed by atoms with E-state index >= 15 is 0 Å². The Bertz CT molecular complexity index is 1350. The van der Waals surface area contributed by atoms with Crippen molar-refractivity contribution in [3.05, 3.63) is 87.8 Å². The molecule has 0 radical (unpaired) electrons. The summed E-state index contributed by atoms with van der Waals surface area (Å²) in [5, 5.41) is 19.6. The van der Waals surface area contributed by atoms with Gasteiger partial charge >= 0.3 is 12.1 Å². The van der Waals surface area contributed by atoms with Crippen LogP contribution in [0.2, 0.25) is 0 Å². The normalized spacial score (nSPS) is 12.9. The van der Waals surface area contributed by atoms with E-state index in [0.717, 1.165) is 10.9 Å². The van der Waals surface area contributed by atoms with Gasteiger partial charge in [-0.2, -0.15) is 18.3 Å². The highest BCUT2D eigenvalue weighted by Crippen LogP contribution is 2.37. The molecule has 0 saturated heterocycles. The molecule has 0 aliphatic carbocycles. The summed E-state index contributed by atoms with van der Waals surface area (Å²) in [4.78, 5) is 25.9. The molecule has 0 unspecified atom stereocenters. The summed E-state index contributed by atoms with van der Waals surface area (Å²) in [6.07, 6.45) is -3.19. The summed E-state index contributed by atoms with van der Waals surface area (Å²) in [7, 11) is 0. The van der Waals surface area contributed by atoms with E-state index in [4.69, 9.17) is 4.74 Å². The second-order valence-electron chi connectivity index (χ2n) is 8.75. The largest absolute Gasteiger partial charge is 0.506 e. The van der Waals surface area contributed by atoms with Gasteiger partial charge in [-0.25, -0.2) is 4.68 Å². The van der Waals surface area contributed by atoms with Gasteiger partial charge in [0.05, 0.1) is 19.1 Å². The van der Waals surface area contributed by atoms with Crippen molar-refractivity contribution in [1.29, 1.82) is 0 Å². The van der Waals surface area contributed by atoms with Crippen molar-refractivity contribution in [1.82, 2.24) is 20.4 Å². The minimum atomic E-state index is -4.94. The first-order chi connectivity index (χ1) is 18.3. The van der Waals surface area contributed by atoms with Crippen molar-refractivity contribution in [3.8, 4) is 11.4 Å². The van der Waals surface area contributed by atoms with Crippen LogP contribution in [0.3, 0.4) is 0 Å². The van der Waals surface area contributed by atoms with Crippen molar-refractivity contribution >= 4 is 27.8 Å². The quantitative estimate of drug-likeness (QED) is 0.260. The maximum Gasteiger partial charge on any atom is 0.435 e. The molecule has 1 amide bonds. The number of esters is 1. The number of amides is 1. The minimum absolute atomic E-state index is 0.00001000. The standard InChI is InChI=1S/C27H28BrF3N4O4/c1-5-32-23(17-8-7-9-18(28)12-17)26(38)33-20(13-22(37)39-6-2)19-14-35(34-25(19)27(29,30)31)24-16(4)10-15(3)11-21(24)36/h5,7-12,14,20,23,32,36H,1,6,13H2,2-4H3,(H,33,38)/t20-,23-/m0/s1. The van der Waals surface area contributed by atoms with Gasteiger partial charge in [-0.05, 0) is 61.9 Å². The molecule has 3 N–H and O–H groups in total. The summed E-state index contributed by atoms with van der Waals surface area (Å²) < 4.78 is 49.2. The monoisotopic (exact) mass is 608 g/mol. The molecule has 3 aromatic rings. The number of nitrogens with zero attached hydrogens (tertiary/aromatic N) is 2. The second-order valence-corrected chi connectivity index (χ2v) is 9.67. The third kappa shape index (κ3) is 7.20. The zero-order valence-corrected chi connectivity index (χ0v) is 23.1. The lowest BCUT2D eigenvalue weighted by molar-refractivity contribution is -0.146. The van der Waals surface area contributed by atoms with Crippen LogP contribution in [0.4, 0.5) is 13.2 Å². The lowest BCUT2D eigenvalue weighted by Crippen LogP contribution is -2.39. The number of alkyl halides is 3. The van der Waals surface area contributed by atoms with Gasteiger partial charge in [0.2, 0.25) is 5.91 Å². The highest BCUT2D eigenvalue weighted by Gasteiger charge is 2.41. The lowest BCUT2D eigenvalue weighted by atomic mass is 10.0. The Kier molecular flexibility index (Phi) is 9.44. The number of ether oxygens (including phenoxy) is 1. The molecule has 8 nitrogen and oxygen atoms in total. The van der Waals surface area contributed by atoms with Gasteiger partial charge in [-0.15, -0.1) is 0 Å². The zero-order chi connectivity index (χ0) is 28.9. The smallest absolute Gasteiger partial charge is 0.435 e. The Morgan fingerprint density at radius 3 is 2.56 bits per heavy atom. The van der Waals surface area contributed by atoms with Gasteiger partial charge in [0.1, 0.15) is 17.5 Å². The van der Waals surface area contributed by atoms with Crippen LogP contribution < -0.4 is 10.6 Å². The van der Waals surface area contributed by atoms with Crippen LogP contribution in [0.15, 0.2) is 59.8 Å². The van der Waals surface area contributed by atoms with E-state index in [2.05, 4.69) is 38.2 Å². The van der Waals surface area contributed by atoms with Crippen molar-refractivity contribution in [2.24, 2.45) is 0 Å². The first kappa shape index (κ1) is 29.8.